The Morgan fingerprint density at radius 1 is 0.515 bits per heavy atom. The maximum atomic E-state index is 15.4. The van der Waals surface area contributed by atoms with Crippen molar-refractivity contribution in [3.05, 3.63) is 163 Å². The zero-order valence-electron chi connectivity index (χ0n) is 35.6. The van der Waals surface area contributed by atoms with Gasteiger partial charge in [0.15, 0.2) is 0 Å². The van der Waals surface area contributed by atoms with E-state index in [1.807, 2.05) is 23.1 Å². The van der Waals surface area contributed by atoms with Gasteiger partial charge in [0.1, 0.15) is 5.65 Å². The first-order valence-corrected chi connectivity index (χ1v) is 24.0. The van der Waals surface area contributed by atoms with Crippen LogP contribution in [0.3, 0.4) is 0 Å². The van der Waals surface area contributed by atoms with Gasteiger partial charge in [0, 0.05) is 84.9 Å². The van der Waals surface area contributed by atoms with E-state index in [-0.39, 0.29) is 11.5 Å². The van der Waals surface area contributed by atoms with E-state index >= 15 is 9.59 Å². The zero-order valence-corrected chi connectivity index (χ0v) is 38.6. The standard InChI is InChI=1S/C58H28Cl4N4O2/c1-2-40-31-19-35(59)48-49-36(60)20-32-47-34(58(68)66-55-30-16-14-26-8-4-6-24-9-11-27(45(30)43(24)26)17-39(55)64-56(32)66)22-38(62)51(53(47)49)50-37(61)21-33(46(31)52(48)50)57(67)65(40)41-18-28-12-10-23-5-3-7-25-13-15-29(54(41)63)44(28)42(23)25/h3-22,40H,2,63H2,1H3. The molecule has 13 aromatic carbocycles. The summed E-state index contributed by atoms with van der Waals surface area (Å²) in [6.07, 6.45) is 0.562. The molecule has 1 amide bonds. The van der Waals surface area contributed by atoms with Crippen LogP contribution in [0.4, 0.5) is 11.4 Å². The smallest absolute Gasteiger partial charge is 0.264 e. The Morgan fingerprint density at radius 2 is 1.04 bits per heavy atom. The molecule has 0 aliphatic carbocycles. The number of carbonyl (C=O) groups excluding carboxylic acids is 1. The number of nitrogens with two attached hydrogens (primary N) is 1. The number of anilines is 2. The number of pyridine rings is 1. The number of halogens is 4. The number of hydrogen-bond acceptors (Lipinski definition) is 4. The molecule has 0 saturated carbocycles. The number of benzene rings is 13. The van der Waals surface area contributed by atoms with Crippen molar-refractivity contribution in [2.75, 3.05) is 10.6 Å². The van der Waals surface area contributed by atoms with Crippen LogP contribution in [-0.2, 0) is 0 Å². The molecule has 0 spiro atoms. The second-order valence-corrected chi connectivity index (χ2v) is 20.2. The van der Waals surface area contributed by atoms with Gasteiger partial charge in [-0.05, 0) is 102 Å². The first-order chi connectivity index (χ1) is 33.1. The Hall–Kier alpha value is -7.19. The lowest BCUT2D eigenvalue weighted by atomic mass is 9.81. The summed E-state index contributed by atoms with van der Waals surface area (Å²) in [7, 11) is 0. The molecule has 0 fully saturated rings. The molecule has 2 aromatic heterocycles. The molecule has 1 unspecified atom stereocenters. The van der Waals surface area contributed by atoms with Crippen molar-refractivity contribution in [3.8, 4) is 0 Å². The zero-order chi connectivity index (χ0) is 45.5. The fourth-order valence-electron chi connectivity index (χ4n) is 12.9. The molecule has 0 radical (unpaired) electrons. The Morgan fingerprint density at radius 3 is 1.69 bits per heavy atom. The number of fused-ring (bicyclic) bond motifs is 7. The molecule has 3 heterocycles. The first-order valence-electron chi connectivity index (χ1n) is 22.5. The van der Waals surface area contributed by atoms with Crippen LogP contribution in [0.15, 0.2) is 126 Å². The summed E-state index contributed by atoms with van der Waals surface area (Å²) in [5.41, 5.74) is 11.3. The molecule has 6 nitrogen and oxygen atoms in total. The molecule has 0 saturated heterocycles. The SMILES string of the molecule is CCC1c2cc(Cl)c3c4c(Cl)cc5c6c(cc(Cl)c(c7c(Cl)cc(c2c73)C(=O)N1c1cc2ccc3cccc7ccc(c1N)c2c37)c46)c(=O)n1c5nc2cc3ccc4cccc5ccc(c3c45)c21. The van der Waals surface area contributed by atoms with E-state index in [9.17, 15) is 0 Å². The predicted molar refractivity (Wildman–Crippen MR) is 287 cm³/mol. The van der Waals surface area contributed by atoms with Gasteiger partial charge in [0.25, 0.3) is 11.5 Å². The second kappa shape index (κ2) is 12.5. The Balaban J connectivity index is 0.999. The van der Waals surface area contributed by atoms with Gasteiger partial charge in [0.2, 0.25) is 0 Å². The van der Waals surface area contributed by atoms with Gasteiger partial charge >= 0.3 is 0 Å². The fourth-order valence-corrected chi connectivity index (χ4v) is 14.1. The number of rotatable bonds is 2. The molecule has 2 N–H and O–H groups in total. The highest BCUT2D eigenvalue weighted by atomic mass is 35.5. The molecule has 320 valence electrons. The monoisotopic (exact) mass is 952 g/mol. The van der Waals surface area contributed by atoms with E-state index in [0.29, 0.717) is 103 Å². The van der Waals surface area contributed by atoms with E-state index in [2.05, 4.69) is 97.9 Å². The predicted octanol–water partition coefficient (Wildman–Crippen LogP) is 16.6. The number of nitrogen functional groups attached to an aromatic ring is 1. The third-order valence-corrected chi connectivity index (χ3v) is 16.7. The van der Waals surface area contributed by atoms with Crippen LogP contribution < -0.4 is 16.2 Å². The average molecular weight is 955 g/mol. The van der Waals surface area contributed by atoms with E-state index in [1.54, 1.807) is 16.5 Å². The van der Waals surface area contributed by atoms with Gasteiger partial charge in [-0.1, -0.05) is 138 Å². The van der Waals surface area contributed by atoms with Crippen LogP contribution in [0.25, 0.3) is 135 Å². The summed E-state index contributed by atoms with van der Waals surface area (Å²) in [5.74, 6) is -0.228. The summed E-state index contributed by atoms with van der Waals surface area (Å²) in [4.78, 5) is 37.8. The van der Waals surface area contributed by atoms with Crippen molar-refractivity contribution >= 4 is 199 Å². The molecule has 15 aromatic rings. The number of carbonyl (C=O) groups is 1. The summed E-state index contributed by atoms with van der Waals surface area (Å²) in [6, 6.07) is 40.5. The lowest BCUT2D eigenvalue weighted by molar-refractivity contribution is 0.0974. The van der Waals surface area contributed by atoms with Crippen LogP contribution >= 0.6 is 46.4 Å². The highest BCUT2D eigenvalue weighted by Crippen LogP contribution is 2.56. The average Bonchev–Trinajstić information content (AvgIpc) is 3.74. The molecule has 16 rings (SSSR count). The topological polar surface area (TPSA) is 80.7 Å². The van der Waals surface area contributed by atoms with Gasteiger partial charge in [-0.3, -0.25) is 18.9 Å². The van der Waals surface area contributed by atoms with Gasteiger partial charge in [-0.25, -0.2) is 4.98 Å². The number of imidazole rings is 1. The van der Waals surface area contributed by atoms with Crippen LogP contribution in [0.5, 0.6) is 0 Å². The highest BCUT2D eigenvalue weighted by Gasteiger charge is 2.39. The third kappa shape index (κ3) is 4.26. The minimum absolute atomic E-state index is 0.228. The fraction of sp³-hybridized carbons (Fsp3) is 0.0517. The summed E-state index contributed by atoms with van der Waals surface area (Å²) < 4.78 is 1.73. The maximum absolute atomic E-state index is 15.4. The lowest BCUT2D eigenvalue weighted by Crippen LogP contribution is -2.38. The van der Waals surface area contributed by atoms with Gasteiger partial charge in [-0.2, -0.15) is 0 Å². The molecule has 10 heteroatoms. The number of nitrogens with zero attached hydrogens (tertiary/aromatic N) is 3. The normalized spacial score (nSPS) is 14.9. The molecule has 1 aliphatic heterocycles. The Bertz CT molecular complexity index is 4920. The molecular weight excluding hydrogens is 926 g/mol. The lowest BCUT2D eigenvalue weighted by Gasteiger charge is -2.38. The first kappa shape index (κ1) is 37.9. The number of hydrogen-bond donors (Lipinski definition) is 1. The maximum Gasteiger partial charge on any atom is 0.264 e. The van der Waals surface area contributed by atoms with Crippen LogP contribution in [0.1, 0.15) is 35.3 Å². The van der Waals surface area contributed by atoms with Crippen LogP contribution in [0, 0.1) is 0 Å². The van der Waals surface area contributed by atoms with E-state index in [1.165, 1.54) is 0 Å². The summed E-state index contributed by atoms with van der Waals surface area (Å²) in [6.45, 7) is 2.07. The number of amides is 1. The Kier molecular flexibility index (Phi) is 6.94. The van der Waals surface area contributed by atoms with Crippen molar-refractivity contribution in [1.29, 1.82) is 0 Å². The van der Waals surface area contributed by atoms with E-state index in [0.717, 1.165) is 81.1 Å². The van der Waals surface area contributed by atoms with Crippen molar-refractivity contribution in [2.24, 2.45) is 0 Å². The minimum Gasteiger partial charge on any atom is -0.397 e. The van der Waals surface area contributed by atoms with Crippen LogP contribution in [-0.4, -0.2) is 15.3 Å². The highest BCUT2D eigenvalue weighted by molar-refractivity contribution is 6.56. The van der Waals surface area contributed by atoms with Crippen molar-refractivity contribution < 1.29 is 4.79 Å². The van der Waals surface area contributed by atoms with Gasteiger partial charge in [-0.15, -0.1) is 0 Å². The molecule has 1 aliphatic rings. The second-order valence-electron chi connectivity index (χ2n) is 18.6. The van der Waals surface area contributed by atoms with E-state index in [4.69, 9.17) is 57.1 Å². The molecule has 0 bridgehead atoms. The molecular formula is C58H28Cl4N4O2. The van der Waals surface area contributed by atoms with Crippen LogP contribution in [0.2, 0.25) is 20.1 Å². The van der Waals surface area contributed by atoms with Crippen molar-refractivity contribution in [3.63, 3.8) is 0 Å². The molecule has 1 atom stereocenters. The Labute approximate surface area is 403 Å². The van der Waals surface area contributed by atoms with Crippen molar-refractivity contribution in [2.45, 2.75) is 19.4 Å². The van der Waals surface area contributed by atoms with Gasteiger partial charge in [0.05, 0.1) is 33.8 Å². The van der Waals surface area contributed by atoms with Gasteiger partial charge < -0.3 is 5.73 Å². The summed E-state index contributed by atoms with van der Waals surface area (Å²) >= 11 is 30.2. The molecule has 68 heavy (non-hydrogen) atoms. The van der Waals surface area contributed by atoms with Crippen molar-refractivity contribution in [1.82, 2.24) is 9.38 Å². The largest absolute Gasteiger partial charge is 0.397 e. The minimum atomic E-state index is -0.444. The third-order valence-electron chi connectivity index (χ3n) is 15.5. The van der Waals surface area contributed by atoms with E-state index < -0.39 is 6.04 Å². The number of aromatic nitrogens is 2. The quantitative estimate of drug-likeness (QED) is 0.106. The summed E-state index contributed by atoms with van der Waals surface area (Å²) in [5, 5.41) is 20.7.